The van der Waals surface area contributed by atoms with Crippen LogP contribution in [0.1, 0.15) is 18.4 Å². The molecule has 0 bridgehead atoms. The summed E-state index contributed by atoms with van der Waals surface area (Å²) in [5.74, 6) is 0.532. The molecule has 0 fully saturated rings. The van der Waals surface area contributed by atoms with Gasteiger partial charge in [0.15, 0.2) is 0 Å². The Morgan fingerprint density at radius 1 is 1.37 bits per heavy atom. The van der Waals surface area contributed by atoms with Crippen LogP contribution in [0.2, 0.25) is 0 Å². The number of hydrogen-bond acceptors (Lipinski definition) is 5. The fourth-order valence-electron chi connectivity index (χ4n) is 1.46. The zero-order valence-corrected chi connectivity index (χ0v) is 10.9. The molecule has 2 rings (SSSR count). The van der Waals surface area contributed by atoms with E-state index in [1.54, 1.807) is 6.92 Å². The molecule has 6 nitrogen and oxygen atoms in total. The van der Waals surface area contributed by atoms with E-state index in [2.05, 4.69) is 15.5 Å². The summed E-state index contributed by atoms with van der Waals surface area (Å²) in [6, 6.07) is 7.20. The lowest BCUT2D eigenvalue weighted by atomic mass is 10.1. The minimum atomic E-state index is -0.556. The van der Waals surface area contributed by atoms with Gasteiger partial charge in [0.1, 0.15) is 0 Å². The molecule has 3 N–H and O–H groups in total. The van der Waals surface area contributed by atoms with Crippen molar-refractivity contribution in [3.63, 3.8) is 0 Å². The standard InChI is InChI=1S/C13H16N4O2/c1-8-3-5-10(6-4-8)13-17-16-11(19-13)7-15-12(18)9(2)14/h3-6,9H,7,14H2,1-2H3,(H,15,18)/t9-/m1/s1. The molecule has 6 heteroatoms. The molecule has 0 spiro atoms. The van der Waals surface area contributed by atoms with E-state index in [4.69, 9.17) is 10.2 Å². The van der Waals surface area contributed by atoms with E-state index in [1.807, 2.05) is 31.2 Å². The number of carbonyl (C=O) groups is 1. The third-order valence-corrected chi connectivity index (χ3v) is 2.59. The number of nitrogens with two attached hydrogens (primary N) is 1. The maximum Gasteiger partial charge on any atom is 0.247 e. The van der Waals surface area contributed by atoms with Crippen LogP contribution in [0.25, 0.3) is 11.5 Å². The first-order valence-electron chi connectivity index (χ1n) is 5.99. The molecular weight excluding hydrogens is 244 g/mol. The van der Waals surface area contributed by atoms with Crippen molar-refractivity contribution in [2.45, 2.75) is 26.4 Å². The molecule has 0 aliphatic heterocycles. The van der Waals surface area contributed by atoms with Crippen molar-refractivity contribution < 1.29 is 9.21 Å². The van der Waals surface area contributed by atoms with Crippen molar-refractivity contribution in [2.24, 2.45) is 5.73 Å². The van der Waals surface area contributed by atoms with Crippen molar-refractivity contribution in [2.75, 3.05) is 0 Å². The molecule has 0 radical (unpaired) electrons. The number of nitrogens with zero attached hydrogens (tertiary/aromatic N) is 2. The second kappa shape index (κ2) is 5.62. The van der Waals surface area contributed by atoms with Gasteiger partial charge in [-0.05, 0) is 26.0 Å². The van der Waals surface area contributed by atoms with E-state index in [0.717, 1.165) is 11.1 Å². The molecule has 1 amide bonds. The Hall–Kier alpha value is -2.21. The van der Waals surface area contributed by atoms with Gasteiger partial charge >= 0.3 is 0 Å². The summed E-state index contributed by atoms with van der Waals surface area (Å²) in [5, 5.41) is 10.4. The van der Waals surface area contributed by atoms with Crippen LogP contribution < -0.4 is 11.1 Å². The molecule has 0 aliphatic rings. The Morgan fingerprint density at radius 3 is 2.68 bits per heavy atom. The minimum absolute atomic E-state index is 0.180. The Kier molecular flexibility index (Phi) is 3.91. The van der Waals surface area contributed by atoms with E-state index < -0.39 is 6.04 Å². The second-order valence-electron chi connectivity index (χ2n) is 4.37. The zero-order chi connectivity index (χ0) is 13.8. The molecule has 1 aromatic carbocycles. The Balaban J connectivity index is 2.03. The highest BCUT2D eigenvalue weighted by Gasteiger charge is 2.11. The number of hydrogen-bond donors (Lipinski definition) is 2. The number of aryl methyl sites for hydroxylation is 1. The third-order valence-electron chi connectivity index (χ3n) is 2.59. The van der Waals surface area contributed by atoms with E-state index in [0.29, 0.717) is 11.8 Å². The van der Waals surface area contributed by atoms with Crippen molar-refractivity contribution in [3.8, 4) is 11.5 Å². The summed E-state index contributed by atoms with van der Waals surface area (Å²) in [5.41, 5.74) is 7.44. The van der Waals surface area contributed by atoms with Crippen LogP contribution in [-0.2, 0) is 11.3 Å². The number of carbonyl (C=O) groups excluding carboxylic acids is 1. The van der Waals surface area contributed by atoms with Gasteiger partial charge in [-0.2, -0.15) is 0 Å². The maximum absolute atomic E-state index is 11.3. The highest BCUT2D eigenvalue weighted by Crippen LogP contribution is 2.17. The van der Waals surface area contributed by atoms with Crippen LogP contribution in [-0.4, -0.2) is 22.1 Å². The summed E-state index contributed by atoms with van der Waals surface area (Å²) >= 11 is 0. The lowest BCUT2D eigenvalue weighted by molar-refractivity contribution is -0.122. The molecule has 1 aromatic heterocycles. The molecule has 1 heterocycles. The van der Waals surface area contributed by atoms with Crippen LogP contribution in [0.4, 0.5) is 0 Å². The summed E-state index contributed by atoms with van der Waals surface area (Å²) < 4.78 is 5.46. The smallest absolute Gasteiger partial charge is 0.247 e. The summed E-state index contributed by atoms with van der Waals surface area (Å²) in [6.07, 6.45) is 0. The molecule has 2 aromatic rings. The van der Waals surface area contributed by atoms with E-state index in [-0.39, 0.29) is 12.5 Å². The Bertz CT molecular complexity index is 560. The largest absolute Gasteiger partial charge is 0.419 e. The maximum atomic E-state index is 11.3. The number of aromatic nitrogens is 2. The molecular formula is C13H16N4O2. The summed E-state index contributed by atoms with van der Waals surface area (Å²) in [7, 11) is 0. The first-order valence-corrected chi connectivity index (χ1v) is 5.99. The molecule has 1 atom stereocenters. The van der Waals surface area contributed by atoms with E-state index in [1.165, 1.54) is 0 Å². The number of nitrogens with one attached hydrogen (secondary N) is 1. The SMILES string of the molecule is Cc1ccc(-c2nnc(CNC(=O)[C@@H](C)N)o2)cc1. The minimum Gasteiger partial charge on any atom is -0.419 e. The van der Waals surface area contributed by atoms with Crippen LogP contribution in [0.3, 0.4) is 0 Å². The van der Waals surface area contributed by atoms with Crippen LogP contribution in [0.5, 0.6) is 0 Å². The number of rotatable bonds is 4. The van der Waals surface area contributed by atoms with Crippen molar-refractivity contribution in [1.82, 2.24) is 15.5 Å². The number of amides is 1. The van der Waals surface area contributed by atoms with Gasteiger partial charge in [-0.1, -0.05) is 17.7 Å². The predicted molar refractivity (Wildman–Crippen MR) is 70.0 cm³/mol. The molecule has 0 saturated carbocycles. The average Bonchev–Trinajstić information content (AvgIpc) is 2.85. The van der Waals surface area contributed by atoms with Crippen molar-refractivity contribution in [1.29, 1.82) is 0 Å². The van der Waals surface area contributed by atoms with Crippen molar-refractivity contribution >= 4 is 5.91 Å². The lowest BCUT2D eigenvalue weighted by Crippen LogP contribution is -2.37. The van der Waals surface area contributed by atoms with Gasteiger partial charge in [-0.3, -0.25) is 4.79 Å². The monoisotopic (exact) mass is 260 g/mol. The Morgan fingerprint density at radius 2 is 2.05 bits per heavy atom. The normalized spacial score (nSPS) is 12.2. The predicted octanol–water partition coefficient (Wildman–Crippen LogP) is 1.01. The van der Waals surface area contributed by atoms with Gasteiger partial charge in [0, 0.05) is 5.56 Å². The molecule has 0 saturated heterocycles. The van der Waals surface area contributed by atoms with Crippen LogP contribution >= 0.6 is 0 Å². The van der Waals surface area contributed by atoms with Gasteiger partial charge in [0.25, 0.3) is 0 Å². The third kappa shape index (κ3) is 3.38. The van der Waals surface area contributed by atoms with Crippen LogP contribution in [0.15, 0.2) is 28.7 Å². The fourth-order valence-corrected chi connectivity index (χ4v) is 1.46. The van der Waals surface area contributed by atoms with Gasteiger partial charge in [-0.15, -0.1) is 10.2 Å². The van der Waals surface area contributed by atoms with E-state index in [9.17, 15) is 4.79 Å². The Labute approximate surface area is 111 Å². The van der Waals surface area contributed by atoms with Gasteiger partial charge in [0.05, 0.1) is 12.6 Å². The van der Waals surface area contributed by atoms with Gasteiger partial charge in [-0.25, -0.2) is 0 Å². The topological polar surface area (TPSA) is 94.0 Å². The highest BCUT2D eigenvalue weighted by atomic mass is 16.4. The molecule has 19 heavy (non-hydrogen) atoms. The van der Waals surface area contributed by atoms with Gasteiger partial charge < -0.3 is 15.5 Å². The average molecular weight is 260 g/mol. The summed E-state index contributed by atoms with van der Waals surface area (Å²) in [4.78, 5) is 11.3. The number of benzene rings is 1. The second-order valence-corrected chi connectivity index (χ2v) is 4.37. The van der Waals surface area contributed by atoms with Crippen LogP contribution in [0, 0.1) is 6.92 Å². The highest BCUT2D eigenvalue weighted by molar-refractivity contribution is 5.80. The summed E-state index contributed by atoms with van der Waals surface area (Å²) in [6.45, 7) is 3.80. The molecule has 100 valence electrons. The van der Waals surface area contributed by atoms with E-state index >= 15 is 0 Å². The quantitative estimate of drug-likeness (QED) is 0.855. The zero-order valence-electron chi connectivity index (χ0n) is 10.9. The molecule has 0 aliphatic carbocycles. The van der Waals surface area contributed by atoms with Crippen molar-refractivity contribution in [3.05, 3.63) is 35.7 Å². The lowest BCUT2D eigenvalue weighted by Gasteiger charge is -2.04. The first kappa shape index (κ1) is 13.2. The fraction of sp³-hybridized carbons (Fsp3) is 0.308. The molecule has 0 unspecified atom stereocenters. The van der Waals surface area contributed by atoms with Gasteiger partial charge in [0.2, 0.25) is 17.7 Å². The first-order chi connectivity index (χ1) is 9.06.